The lowest BCUT2D eigenvalue weighted by atomic mass is 10.0. The maximum absolute atomic E-state index is 13.2. The fourth-order valence-corrected chi connectivity index (χ4v) is 2.40. The quantitative estimate of drug-likeness (QED) is 0.920. The zero-order chi connectivity index (χ0) is 15.4. The van der Waals surface area contributed by atoms with E-state index in [1.165, 1.54) is 24.3 Å². The Bertz CT molecular complexity index is 688. The molecule has 1 heterocycles. The van der Waals surface area contributed by atoms with E-state index >= 15 is 0 Å². The molecule has 0 saturated carbocycles. The first-order valence-electron chi connectivity index (χ1n) is 7.14. The maximum atomic E-state index is 13.2. The molecule has 0 unspecified atom stereocenters. The molecule has 2 aromatic rings. The van der Waals surface area contributed by atoms with Crippen molar-refractivity contribution in [2.75, 3.05) is 6.54 Å². The smallest absolute Gasteiger partial charge is 0.145 e. The van der Waals surface area contributed by atoms with Gasteiger partial charge in [-0.15, -0.1) is 0 Å². The van der Waals surface area contributed by atoms with Crippen molar-refractivity contribution in [3.8, 4) is 0 Å². The van der Waals surface area contributed by atoms with Gasteiger partial charge in [0.25, 0.3) is 0 Å². The molecular weight excluding hydrogens is 286 g/mol. The van der Waals surface area contributed by atoms with Crippen molar-refractivity contribution in [2.45, 2.75) is 19.1 Å². The highest BCUT2D eigenvalue weighted by molar-refractivity contribution is 6.01. The minimum absolute atomic E-state index is 0.0909. The van der Waals surface area contributed by atoms with E-state index in [-0.39, 0.29) is 17.7 Å². The van der Waals surface area contributed by atoms with Crippen LogP contribution in [0.3, 0.4) is 0 Å². The predicted octanol–water partition coefficient (Wildman–Crippen LogP) is 3.25. The van der Waals surface area contributed by atoms with Crippen LogP contribution in [0, 0.1) is 11.6 Å². The third-order valence-corrected chi connectivity index (χ3v) is 3.48. The number of nitrogens with one attached hydrogen (secondary N) is 1. The van der Waals surface area contributed by atoms with Gasteiger partial charge in [-0.3, -0.25) is 0 Å². The Morgan fingerprint density at radius 3 is 2.64 bits per heavy atom. The van der Waals surface area contributed by atoms with E-state index in [9.17, 15) is 8.78 Å². The van der Waals surface area contributed by atoms with Gasteiger partial charge in [-0.1, -0.05) is 29.4 Å². The first-order chi connectivity index (χ1) is 10.7. The summed E-state index contributed by atoms with van der Waals surface area (Å²) in [5.74, 6) is -0.527. The van der Waals surface area contributed by atoms with Crippen molar-refractivity contribution in [3.05, 3.63) is 71.3 Å². The number of rotatable bonds is 5. The van der Waals surface area contributed by atoms with Gasteiger partial charge >= 0.3 is 0 Å². The van der Waals surface area contributed by atoms with Gasteiger partial charge in [0.2, 0.25) is 0 Å². The highest BCUT2D eigenvalue weighted by Crippen LogP contribution is 2.17. The van der Waals surface area contributed by atoms with E-state index in [4.69, 9.17) is 4.84 Å². The van der Waals surface area contributed by atoms with E-state index < -0.39 is 0 Å². The van der Waals surface area contributed by atoms with Gasteiger partial charge in [0.15, 0.2) is 0 Å². The molecule has 0 aromatic heterocycles. The Kier molecular flexibility index (Phi) is 4.44. The molecule has 1 aliphatic rings. The summed E-state index contributed by atoms with van der Waals surface area (Å²) >= 11 is 0. The second-order valence-electron chi connectivity index (χ2n) is 5.24. The second kappa shape index (κ2) is 6.66. The Morgan fingerprint density at radius 1 is 1.09 bits per heavy atom. The van der Waals surface area contributed by atoms with Crippen LogP contribution >= 0.6 is 0 Å². The fourth-order valence-electron chi connectivity index (χ4n) is 2.40. The van der Waals surface area contributed by atoms with Crippen molar-refractivity contribution >= 4 is 5.71 Å². The molecule has 1 N–H and O–H groups in total. The molecule has 3 rings (SSSR count). The summed E-state index contributed by atoms with van der Waals surface area (Å²) in [7, 11) is 0. The van der Waals surface area contributed by atoms with E-state index in [1.54, 1.807) is 12.1 Å². The summed E-state index contributed by atoms with van der Waals surface area (Å²) in [6.45, 7) is 1.16. The van der Waals surface area contributed by atoms with Crippen LogP contribution in [-0.4, -0.2) is 18.4 Å². The van der Waals surface area contributed by atoms with Crippen molar-refractivity contribution < 1.29 is 13.6 Å². The number of nitrogens with zero attached hydrogens (tertiary/aromatic N) is 1. The average molecular weight is 302 g/mol. The molecule has 0 saturated heterocycles. The summed E-state index contributed by atoms with van der Waals surface area (Å²) in [6, 6.07) is 12.8. The van der Waals surface area contributed by atoms with Crippen LogP contribution in [0.4, 0.5) is 8.78 Å². The van der Waals surface area contributed by atoms with E-state index in [1.807, 2.05) is 12.1 Å². The molecule has 0 aliphatic carbocycles. The zero-order valence-corrected chi connectivity index (χ0v) is 11.9. The number of halogens is 2. The van der Waals surface area contributed by atoms with Crippen LogP contribution in [0.25, 0.3) is 0 Å². The molecule has 0 spiro atoms. The summed E-state index contributed by atoms with van der Waals surface area (Å²) < 4.78 is 26.3. The molecule has 1 aliphatic heterocycles. The maximum Gasteiger partial charge on any atom is 0.145 e. The number of benzene rings is 2. The highest BCUT2D eigenvalue weighted by atomic mass is 19.1. The molecule has 0 radical (unpaired) electrons. The van der Waals surface area contributed by atoms with Crippen LogP contribution in [0.5, 0.6) is 0 Å². The monoisotopic (exact) mass is 302 g/mol. The molecule has 2 aromatic carbocycles. The second-order valence-corrected chi connectivity index (χ2v) is 5.24. The van der Waals surface area contributed by atoms with Gasteiger partial charge < -0.3 is 10.2 Å². The number of hydrogen-bond acceptors (Lipinski definition) is 3. The Labute approximate surface area is 127 Å². The average Bonchev–Trinajstić information content (AvgIpc) is 2.96. The van der Waals surface area contributed by atoms with Crippen LogP contribution < -0.4 is 5.32 Å². The lowest BCUT2D eigenvalue weighted by molar-refractivity contribution is 0.0848. The molecule has 114 valence electrons. The van der Waals surface area contributed by atoms with Crippen LogP contribution in [0.1, 0.15) is 17.5 Å². The third kappa shape index (κ3) is 3.68. The van der Waals surface area contributed by atoms with Gasteiger partial charge in [0, 0.05) is 25.1 Å². The molecule has 1 atom stereocenters. The lowest BCUT2D eigenvalue weighted by Gasteiger charge is -2.09. The summed E-state index contributed by atoms with van der Waals surface area (Å²) in [5, 5.41) is 7.23. The minimum atomic E-state index is -0.284. The Balaban J connectivity index is 1.48. The van der Waals surface area contributed by atoms with Gasteiger partial charge in [-0.2, -0.15) is 0 Å². The summed E-state index contributed by atoms with van der Waals surface area (Å²) in [6.07, 6.45) is 0.534. The van der Waals surface area contributed by atoms with E-state index in [0.717, 1.165) is 16.8 Å². The molecule has 0 bridgehead atoms. The molecule has 3 nitrogen and oxygen atoms in total. The van der Waals surface area contributed by atoms with Gasteiger partial charge in [0.05, 0.1) is 5.71 Å². The zero-order valence-electron chi connectivity index (χ0n) is 11.9. The van der Waals surface area contributed by atoms with Crippen molar-refractivity contribution in [1.82, 2.24) is 5.32 Å². The fraction of sp³-hybridized carbons (Fsp3) is 0.235. The van der Waals surface area contributed by atoms with Crippen LogP contribution in [0.2, 0.25) is 0 Å². The van der Waals surface area contributed by atoms with Crippen LogP contribution in [-0.2, 0) is 11.4 Å². The lowest BCUT2D eigenvalue weighted by Crippen LogP contribution is -2.26. The first kappa shape index (κ1) is 14.7. The predicted molar refractivity (Wildman–Crippen MR) is 80.5 cm³/mol. The normalized spacial score (nSPS) is 17.2. The number of oxime groups is 1. The van der Waals surface area contributed by atoms with E-state index in [0.29, 0.717) is 19.5 Å². The van der Waals surface area contributed by atoms with Gasteiger partial charge in [-0.25, -0.2) is 8.78 Å². The number of hydrogen-bond donors (Lipinski definition) is 1. The molecule has 5 heteroatoms. The molecule has 0 fully saturated rings. The Hall–Kier alpha value is -2.27. The van der Waals surface area contributed by atoms with Crippen LogP contribution in [0.15, 0.2) is 53.7 Å². The summed E-state index contributed by atoms with van der Waals surface area (Å²) in [5.41, 5.74) is 2.37. The minimum Gasteiger partial charge on any atom is -0.390 e. The van der Waals surface area contributed by atoms with Crippen molar-refractivity contribution in [1.29, 1.82) is 0 Å². The molecule has 22 heavy (non-hydrogen) atoms. The standard InChI is InChI=1S/C17H16F2N2O/c18-14-5-1-3-12(7-14)10-20-11-16-9-17(21-22-16)13-4-2-6-15(19)8-13/h1-8,16,20H,9-11H2/t16-/m0/s1. The van der Waals surface area contributed by atoms with Crippen molar-refractivity contribution in [2.24, 2.45) is 5.16 Å². The van der Waals surface area contributed by atoms with Crippen molar-refractivity contribution in [3.63, 3.8) is 0 Å². The molecular formula is C17H16F2N2O. The largest absolute Gasteiger partial charge is 0.390 e. The van der Waals surface area contributed by atoms with E-state index in [2.05, 4.69) is 10.5 Å². The Morgan fingerprint density at radius 2 is 1.86 bits per heavy atom. The van der Waals surface area contributed by atoms with Gasteiger partial charge in [0.1, 0.15) is 17.7 Å². The summed E-state index contributed by atoms with van der Waals surface area (Å²) in [4.78, 5) is 5.35. The van der Waals surface area contributed by atoms with Gasteiger partial charge in [-0.05, 0) is 29.8 Å². The first-order valence-corrected chi connectivity index (χ1v) is 7.14. The SMILES string of the molecule is Fc1cccc(CNC[C@@H]2CC(c3cccc(F)c3)=NO2)c1. The highest BCUT2D eigenvalue weighted by Gasteiger charge is 2.21. The topological polar surface area (TPSA) is 33.6 Å². The molecule has 0 amide bonds. The third-order valence-electron chi connectivity index (χ3n) is 3.48.